The fraction of sp³-hybridized carbons (Fsp3) is 0.0714. The molecule has 6 nitrogen and oxygen atoms in total. The Kier molecular flexibility index (Phi) is 4.17. The molecule has 0 saturated heterocycles. The van der Waals surface area contributed by atoms with Crippen molar-refractivity contribution in [2.45, 2.75) is 10.9 Å². The predicted octanol–water partition coefficient (Wildman–Crippen LogP) is 3.24. The highest BCUT2D eigenvalue weighted by Gasteiger charge is 2.09. The minimum absolute atomic E-state index is 0.335. The molecule has 0 spiro atoms. The van der Waals surface area contributed by atoms with Gasteiger partial charge in [0.2, 0.25) is 5.89 Å². The summed E-state index contributed by atoms with van der Waals surface area (Å²) in [6.45, 7) is 0. The van der Waals surface area contributed by atoms with Crippen LogP contribution >= 0.6 is 23.4 Å². The van der Waals surface area contributed by atoms with Crippen molar-refractivity contribution in [1.82, 2.24) is 15.0 Å². The van der Waals surface area contributed by atoms with Crippen LogP contribution in [-0.2, 0) is 5.75 Å². The Balaban J connectivity index is 1.72. The van der Waals surface area contributed by atoms with Crippen LogP contribution in [0.15, 0.2) is 46.1 Å². The number of nitrogen functional groups attached to an aromatic ring is 2. The van der Waals surface area contributed by atoms with E-state index < -0.39 is 0 Å². The molecule has 0 unspecified atom stereocenters. The molecule has 112 valence electrons. The molecule has 4 N–H and O–H groups in total. The number of hydrogen-bond donors (Lipinski definition) is 2. The lowest BCUT2D eigenvalue weighted by Crippen LogP contribution is -1.99. The quantitative estimate of drug-likeness (QED) is 0.557. The molecule has 2 aromatic heterocycles. The first-order valence-corrected chi connectivity index (χ1v) is 7.70. The van der Waals surface area contributed by atoms with Crippen LogP contribution in [0.2, 0.25) is 5.02 Å². The van der Waals surface area contributed by atoms with E-state index in [1.54, 1.807) is 12.3 Å². The molecule has 22 heavy (non-hydrogen) atoms. The summed E-state index contributed by atoms with van der Waals surface area (Å²) in [7, 11) is 0. The van der Waals surface area contributed by atoms with Crippen LogP contribution in [0.3, 0.4) is 0 Å². The van der Waals surface area contributed by atoms with E-state index in [9.17, 15) is 0 Å². The topological polar surface area (TPSA) is 104 Å². The maximum Gasteiger partial charge on any atom is 0.205 e. The van der Waals surface area contributed by atoms with Crippen LogP contribution in [0.5, 0.6) is 0 Å². The Labute approximate surface area is 135 Å². The molecule has 2 heterocycles. The van der Waals surface area contributed by atoms with Crippen LogP contribution in [0.1, 0.15) is 5.89 Å². The fourth-order valence-corrected chi connectivity index (χ4v) is 2.72. The Bertz CT molecular complexity index is 787. The lowest BCUT2D eigenvalue weighted by Gasteiger charge is -2.00. The first-order chi connectivity index (χ1) is 10.6. The predicted molar refractivity (Wildman–Crippen MR) is 87.4 cm³/mol. The van der Waals surface area contributed by atoms with Crippen molar-refractivity contribution in [2.75, 3.05) is 11.5 Å². The lowest BCUT2D eigenvalue weighted by molar-refractivity contribution is 0.530. The van der Waals surface area contributed by atoms with E-state index in [1.807, 2.05) is 18.2 Å². The Hall–Kier alpha value is -2.25. The van der Waals surface area contributed by atoms with Crippen molar-refractivity contribution in [3.05, 3.63) is 47.4 Å². The minimum atomic E-state index is 0.335. The zero-order valence-electron chi connectivity index (χ0n) is 11.4. The molecule has 0 bridgehead atoms. The minimum Gasteiger partial charge on any atom is -0.440 e. The molecule has 3 aromatic rings. The second-order valence-electron chi connectivity index (χ2n) is 4.42. The van der Waals surface area contributed by atoms with Gasteiger partial charge in [-0.15, -0.1) is 0 Å². The maximum absolute atomic E-state index is 5.97. The first kappa shape index (κ1) is 14.7. The molecule has 0 saturated carbocycles. The van der Waals surface area contributed by atoms with Gasteiger partial charge >= 0.3 is 0 Å². The number of thioether (sulfide) groups is 1. The number of rotatable bonds is 4. The smallest absolute Gasteiger partial charge is 0.205 e. The second kappa shape index (κ2) is 6.25. The molecule has 0 aliphatic rings. The maximum atomic E-state index is 5.97. The van der Waals surface area contributed by atoms with Gasteiger partial charge in [-0.3, -0.25) is 0 Å². The summed E-state index contributed by atoms with van der Waals surface area (Å²) < 4.78 is 5.70. The molecule has 0 radical (unpaired) electrons. The van der Waals surface area contributed by atoms with E-state index in [2.05, 4.69) is 15.0 Å². The average Bonchev–Trinajstić information content (AvgIpc) is 2.93. The van der Waals surface area contributed by atoms with Crippen LogP contribution < -0.4 is 11.5 Å². The van der Waals surface area contributed by atoms with Gasteiger partial charge in [0.25, 0.3) is 0 Å². The van der Waals surface area contributed by atoms with Gasteiger partial charge in [-0.1, -0.05) is 35.5 Å². The van der Waals surface area contributed by atoms with Crippen molar-refractivity contribution >= 4 is 35.0 Å². The van der Waals surface area contributed by atoms with Gasteiger partial charge < -0.3 is 15.9 Å². The standard InChI is InChI=1S/C14H12ClN5OS/c15-9-3-1-2-8(4-9)10-6-18-13(21-10)7-22-14-19-11(16)5-12(17)20-14/h1-6H,7H2,(H4,16,17,19,20). The zero-order valence-corrected chi connectivity index (χ0v) is 12.9. The van der Waals surface area contributed by atoms with E-state index >= 15 is 0 Å². The van der Waals surface area contributed by atoms with Crippen molar-refractivity contribution in [3.8, 4) is 11.3 Å². The van der Waals surface area contributed by atoms with Crippen LogP contribution in [0, 0.1) is 0 Å². The van der Waals surface area contributed by atoms with Crippen LogP contribution in [0.25, 0.3) is 11.3 Å². The largest absolute Gasteiger partial charge is 0.440 e. The average molecular weight is 334 g/mol. The van der Waals surface area contributed by atoms with Crippen LogP contribution in [-0.4, -0.2) is 15.0 Å². The number of aromatic nitrogens is 3. The number of oxazole rings is 1. The zero-order chi connectivity index (χ0) is 15.5. The number of benzene rings is 1. The van der Waals surface area contributed by atoms with Crippen LogP contribution in [0.4, 0.5) is 11.6 Å². The Morgan fingerprint density at radius 1 is 1.14 bits per heavy atom. The SMILES string of the molecule is Nc1cc(N)nc(SCc2ncc(-c3cccc(Cl)c3)o2)n1. The summed E-state index contributed by atoms with van der Waals surface area (Å²) in [5.41, 5.74) is 12.1. The molecule has 0 atom stereocenters. The summed E-state index contributed by atoms with van der Waals surface area (Å²) in [6, 6.07) is 8.90. The van der Waals surface area contributed by atoms with Gasteiger partial charge in [-0.2, -0.15) is 0 Å². The highest BCUT2D eigenvalue weighted by atomic mass is 35.5. The highest BCUT2D eigenvalue weighted by Crippen LogP contribution is 2.26. The molecule has 3 rings (SSSR count). The summed E-state index contributed by atoms with van der Waals surface area (Å²) >= 11 is 7.31. The summed E-state index contributed by atoms with van der Waals surface area (Å²) in [6.07, 6.45) is 1.66. The number of anilines is 2. The van der Waals surface area contributed by atoms with E-state index in [0.29, 0.717) is 39.2 Å². The molecule has 8 heteroatoms. The van der Waals surface area contributed by atoms with E-state index in [0.717, 1.165) is 5.56 Å². The lowest BCUT2D eigenvalue weighted by atomic mass is 10.2. The fourth-order valence-electron chi connectivity index (χ4n) is 1.80. The van der Waals surface area contributed by atoms with Crippen molar-refractivity contribution in [1.29, 1.82) is 0 Å². The van der Waals surface area contributed by atoms with E-state index in [4.69, 9.17) is 27.5 Å². The summed E-state index contributed by atoms with van der Waals surface area (Å²) in [4.78, 5) is 12.4. The molecule has 1 aromatic carbocycles. The van der Waals surface area contributed by atoms with E-state index in [1.165, 1.54) is 17.8 Å². The molecule has 0 amide bonds. The molecule has 0 aliphatic carbocycles. The van der Waals surface area contributed by atoms with Crippen molar-refractivity contribution in [3.63, 3.8) is 0 Å². The van der Waals surface area contributed by atoms with Crippen molar-refractivity contribution in [2.24, 2.45) is 0 Å². The molecular weight excluding hydrogens is 322 g/mol. The third-order valence-corrected chi connectivity index (χ3v) is 3.80. The third-order valence-electron chi connectivity index (χ3n) is 2.73. The van der Waals surface area contributed by atoms with Gasteiger partial charge in [0.1, 0.15) is 11.6 Å². The highest BCUT2D eigenvalue weighted by molar-refractivity contribution is 7.98. The monoisotopic (exact) mass is 333 g/mol. The van der Waals surface area contributed by atoms with Crippen molar-refractivity contribution < 1.29 is 4.42 Å². The van der Waals surface area contributed by atoms with Gasteiger partial charge in [-0.05, 0) is 12.1 Å². The summed E-state index contributed by atoms with van der Waals surface area (Å²) in [5, 5.41) is 1.13. The van der Waals surface area contributed by atoms with Gasteiger partial charge in [-0.25, -0.2) is 15.0 Å². The van der Waals surface area contributed by atoms with Gasteiger partial charge in [0.05, 0.1) is 11.9 Å². The molecule has 0 fully saturated rings. The molecular formula is C14H12ClN5OS. The number of nitrogens with zero attached hydrogens (tertiary/aromatic N) is 3. The normalized spacial score (nSPS) is 10.8. The first-order valence-electron chi connectivity index (χ1n) is 6.33. The molecule has 0 aliphatic heterocycles. The number of hydrogen-bond acceptors (Lipinski definition) is 7. The second-order valence-corrected chi connectivity index (χ2v) is 5.80. The Morgan fingerprint density at radius 3 is 2.64 bits per heavy atom. The summed E-state index contributed by atoms with van der Waals surface area (Å²) in [5.74, 6) is 2.36. The Morgan fingerprint density at radius 2 is 1.91 bits per heavy atom. The van der Waals surface area contributed by atoms with Gasteiger partial charge in [0, 0.05) is 16.7 Å². The number of halogens is 1. The number of nitrogens with two attached hydrogens (primary N) is 2. The third kappa shape index (κ3) is 3.49. The van der Waals surface area contributed by atoms with Gasteiger partial charge in [0.15, 0.2) is 10.9 Å². The van der Waals surface area contributed by atoms with E-state index in [-0.39, 0.29) is 0 Å².